The average molecular weight is 306 g/mol. The zero-order valence-electron chi connectivity index (χ0n) is 10.5. The van der Waals surface area contributed by atoms with Crippen molar-refractivity contribution in [3.8, 4) is 0 Å². The Hall–Kier alpha value is -1.85. The fraction of sp³-hybridized carbons (Fsp3) is 0.143. The van der Waals surface area contributed by atoms with E-state index in [-0.39, 0.29) is 5.91 Å². The van der Waals surface area contributed by atoms with Crippen LogP contribution in [-0.4, -0.2) is 15.3 Å². The standard InChI is InChI=1S/C14H12ClN3OS/c15-10-3-4-13-17-11(9-18(13)8-10)7-16-14(19)6-12-2-1-5-20-12/h1-5,8-9H,6-7H2,(H,16,19). The highest BCUT2D eigenvalue weighted by molar-refractivity contribution is 7.10. The van der Waals surface area contributed by atoms with Gasteiger partial charge >= 0.3 is 0 Å². The maximum absolute atomic E-state index is 11.8. The van der Waals surface area contributed by atoms with Crippen LogP contribution in [0.25, 0.3) is 5.65 Å². The van der Waals surface area contributed by atoms with Gasteiger partial charge in [-0.3, -0.25) is 4.79 Å². The van der Waals surface area contributed by atoms with Crippen molar-refractivity contribution >= 4 is 34.5 Å². The Morgan fingerprint density at radius 1 is 1.35 bits per heavy atom. The fourth-order valence-electron chi connectivity index (χ4n) is 1.93. The molecule has 0 aromatic carbocycles. The van der Waals surface area contributed by atoms with Gasteiger partial charge in [0.15, 0.2) is 0 Å². The molecule has 102 valence electrons. The lowest BCUT2D eigenvalue weighted by atomic mass is 10.3. The maximum atomic E-state index is 11.8. The molecule has 0 unspecified atom stereocenters. The minimum absolute atomic E-state index is 0.00235. The van der Waals surface area contributed by atoms with Crippen molar-refractivity contribution in [1.82, 2.24) is 14.7 Å². The third-order valence-corrected chi connectivity index (χ3v) is 3.95. The number of nitrogens with zero attached hydrogens (tertiary/aromatic N) is 2. The zero-order chi connectivity index (χ0) is 13.9. The molecule has 0 fully saturated rings. The number of aromatic nitrogens is 2. The topological polar surface area (TPSA) is 46.4 Å². The Bertz CT molecular complexity index is 736. The molecule has 1 N–H and O–H groups in total. The van der Waals surface area contributed by atoms with Crippen LogP contribution < -0.4 is 5.32 Å². The molecule has 3 heterocycles. The Labute approximate surface area is 125 Å². The summed E-state index contributed by atoms with van der Waals surface area (Å²) in [6, 6.07) is 7.54. The second-order valence-electron chi connectivity index (χ2n) is 4.38. The molecule has 3 aromatic rings. The SMILES string of the molecule is O=C(Cc1cccs1)NCc1cn2cc(Cl)ccc2n1. The molecule has 0 saturated heterocycles. The van der Waals surface area contributed by atoms with Crippen molar-refractivity contribution in [2.45, 2.75) is 13.0 Å². The van der Waals surface area contributed by atoms with Crippen LogP contribution >= 0.6 is 22.9 Å². The summed E-state index contributed by atoms with van der Waals surface area (Å²) in [5.41, 5.74) is 1.63. The molecule has 0 aliphatic rings. The molecule has 0 bridgehead atoms. The summed E-state index contributed by atoms with van der Waals surface area (Å²) in [5.74, 6) is 0.00235. The Balaban J connectivity index is 1.63. The molecule has 0 aliphatic carbocycles. The van der Waals surface area contributed by atoms with Gasteiger partial charge in [-0.25, -0.2) is 4.98 Å². The fourth-order valence-corrected chi connectivity index (χ4v) is 2.80. The molecular formula is C14H12ClN3OS. The highest BCUT2D eigenvalue weighted by atomic mass is 35.5. The van der Waals surface area contributed by atoms with Crippen LogP contribution in [0.1, 0.15) is 10.6 Å². The Kier molecular flexibility index (Phi) is 3.71. The second kappa shape index (κ2) is 5.64. The molecular weight excluding hydrogens is 294 g/mol. The summed E-state index contributed by atoms with van der Waals surface area (Å²) >= 11 is 7.50. The predicted octanol–water partition coefficient (Wildman–Crippen LogP) is 2.91. The molecule has 4 nitrogen and oxygen atoms in total. The first-order valence-corrected chi connectivity index (χ1v) is 7.39. The highest BCUT2D eigenvalue weighted by Crippen LogP contribution is 2.12. The summed E-state index contributed by atoms with van der Waals surface area (Å²) in [5, 5.41) is 5.49. The molecule has 1 amide bonds. The number of pyridine rings is 1. The first kappa shape index (κ1) is 13.1. The van der Waals surface area contributed by atoms with Gasteiger partial charge in [-0.1, -0.05) is 17.7 Å². The van der Waals surface area contributed by atoms with E-state index in [0.717, 1.165) is 16.2 Å². The lowest BCUT2D eigenvalue weighted by Crippen LogP contribution is -2.24. The molecule has 6 heteroatoms. The smallest absolute Gasteiger partial charge is 0.225 e. The van der Waals surface area contributed by atoms with E-state index in [1.54, 1.807) is 23.6 Å². The van der Waals surface area contributed by atoms with Gasteiger partial charge in [0.1, 0.15) is 5.65 Å². The van der Waals surface area contributed by atoms with Gasteiger partial charge in [0.25, 0.3) is 0 Å². The van der Waals surface area contributed by atoms with Crippen LogP contribution in [0.4, 0.5) is 0 Å². The van der Waals surface area contributed by atoms with Crippen molar-refractivity contribution in [2.24, 2.45) is 0 Å². The van der Waals surface area contributed by atoms with E-state index < -0.39 is 0 Å². The van der Waals surface area contributed by atoms with Gasteiger partial charge < -0.3 is 9.72 Å². The predicted molar refractivity (Wildman–Crippen MR) is 80.1 cm³/mol. The molecule has 20 heavy (non-hydrogen) atoms. The lowest BCUT2D eigenvalue weighted by molar-refractivity contribution is -0.120. The summed E-state index contributed by atoms with van der Waals surface area (Å²) in [6.45, 7) is 0.420. The maximum Gasteiger partial charge on any atom is 0.225 e. The van der Waals surface area contributed by atoms with Gasteiger partial charge in [-0.2, -0.15) is 0 Å². The van der Waals surface area contributed by atoms with E-state index in [0.29, 0.717) is 18.0 Å². The van der Waals surface area contributed by atoms with E-state index in [1.807, 2.05) is 34.2 Å². The number of rotatable bonds is 4. The first-order valence-electron chi connectivity index (χ1n) is 6.13. The molecule has 3 aromatic heterocycles. The van der Waals surface area contributed by atoms with Crippen molar-refractivity contribution in [3.05, 3.63) is 57.6 Å². The van der Waals surface area contributed by atoms with E-state index in [4.69, 9.17) is 11.6 Å². The molecule has 0 saturated carbocycles. The van der Waals surface area contributed by atoms with Gasteiger partial charge in [-0.15, -0.1) is 11.3 Å². The third kappa shape index (κ3) is 3.00. The van der Waals surface area contributed by atoms with E-state index >= 15 is 0 Å². The van der Waals surface area contributed by atoms with Crippen molar-refractivity contribution in [1.29, 1.82) is 0 Å². The molecule has 0 spiro atoms. The Morgan fingerprint density at radius 2 is 2.25 bits per heavy atom. The molecule has 3 rings (SSSR count). The van der Waals surface area contributed by atoms with Crippen LogP contribution in [0.3, 0.4) is 0 Å². The third-order valence-electron chi connectivity index (χ3n) is 2.85. The van der Waals surface area contributed by atoms with Gasteiger partial charge in [0.05, 0.1) is 23.7 Å². The second-order valence-corrected chi connectivity index (χ2v) is 5.85. The van der Waals surface area contributed by atoms with E-state index in [2.05, 4.69) is 10.3 Å². The normalized spacial score (nSPS) is 10.8. The number of fused-ring (bicyclic) bond motifs is 1. The van der Waals surface area contributed by atoms with E-state index in [9.17, 15) is 4.79 Å². The van der Waals surface area contributed by atoms with Gasteiger partial charge in [0.2, 0.25) is 5.91 Å². The van der Waals surface area contributed by atoms with Crippen LogP contribution in [0.2, 0.25) is 5.02 Å². The van der Waals surface area contributed by atoms with Crippen LogP contribution in [0, 0.1) is 0 Å². The number of carbonyl (C=O) groups is 1. The number of carbonyl (C=O) groups excluding carboxylic acids is 1. The van der Waals surface area contributed by atoms with Crippen LogP contribution in [0.15, 0.2) is 42.0 Å². The highest BCUT2D eigenvalue weighted by Gasteiger charge is 2.06. The summed E-state index contributed by atoms with van der Waals surface area (Å²) in [6.07, 6.45) is 4.07. The zero-order valence-corrected chi connectivity index (χ0v) is 12.1. The lowest BCUT2D eigenvalue weighted by Gasteiger charge is -2.01. The summed E-state index contributed by atoms with van der Waals surface area (Å²) in [7, 11) is 0. The molecule has 0 aliphatic heterocycles. The van der Waals surface area contributed by atoms with Crippen LogP contribution in [0.5, 0.6) is 0 Å². The summed E-state index contributed by atoms with van der Waals surface area (Å²) in [4.78, 5) is 17.3. The number of amides is 1. The number of hydrogen-bond donors (Lipinski definition) is 1. The van der Waals surface area contributed by atoms with E-state index in [1.165, 1.54) is 0 Å². The number of imidazole rings is 1. The Morgan fingerprint density at radius 3 is 3.05 bits per heavy atom. The number of nitrogens with one attached hydrogen (secondary N) is 1. The van der Waals surface area contributed by atoms with Crippen molar-refractivity contribution < 1.29 is 4.79 Å². The first-order chi connectivity index (χ1) is 9.70. The number of halogens is 1. The largest absolute Gasteiger partial charge is 0.350 e. The van der Waals surface area contributed by atoms with Crippen LogP contribution in [-0.2, 0) is 17.8 Å². The quantitative estimate of drug-likeness (QED) is 0.805. The van der Waals surface area contributed by atoms with Gasteiger partial charge in [-0.05, 0) is 23.6 Å². The summed E-state index contributed by atoms with van der Waals surface area (Å²) < 4.78 is 1.85. The number of thiophene rings is 1. The van der Waals surface area contributed by atoms with Crippen molar-refractivity contribution in [3.63, 3.8) is 0 Å². The van der Waals surface area contributed by atoms with Gasteiger partial charge in [0, 0.05) is 17.3 Å². The minimum Gasteiger partial charge on any atom is -0.350 e. The number of hydrogen-bond acceptors (Lipinski definition) is 3. The monoisotopic (exact) mass is 305 g/mol. The average Bonchev–Trinajstić information content (AvgIpc) is 3.04. The molecule has 0 atom stereocenters. The minimum atomic E-state index is 0.00235. The van der Waals surface area contributed by atoms with Crippen molar-refractivity contribution in [2.75, 3.05) is 0 Å². The molecule has 0 radical (unpaired) electrons.